The Balaban J connectivity index is 2.13. The van der Waals surface area contributed by atoms with Gasteiger partial charge in [0.05, 0.1) is 16.6 Å². The first kappa shape index (κ1) is 14.7. The van der Waals surface area contributed by atoms with Crippen molar-refractivity contribution in [3.05, 3.63) is 35.9 Å². The van der Waals surface area contributed by atoms with Gasteiger partial charge >= 0.3 is 0 Å². The molecule has 0 aromatic heterocycles. The summed E-state index contributed by atoms with van der Waals surface area (Å²) in [6.45, 7) is 4.79. The lowest BCUT2D eigenvalue weighted by molar-refractivity contribution is 0.126. The molecular formula is C15H23NO2S. The third-order valence-corrected chi connectivity index (χ3v) is 6.33. The van der Waals surface area contributed by atoms with Gasteiger partial charge in [0.15, 0.2) is 0 Å². The van der Waals surface area contributed by atoms with Crippen LogP contribution in [0.2, 0.25) is 0 Å². The summed E-state index contributed by atoms with van der Waals surface area (Å²) in [6.07, 6.45) is 1.79. The molecule has 0 radical (unpaired) electrons. The topological polar surface area (TPSA) is 52.3 Å². The molecule has 5 atom stereocenters. The highest BCUT2D eigenvalue weighted by atomic mass is 32.2. The average Bonchev–Trinajstić information content (AvgIpc) is 2.86. The summed E-state index contributed by atoms with van der Waals surface area (Å²) in [6, 6.07) is 9.79. The quantitative estimate of drug-likeness (QED) is 0.901. The summed E-state index contributed by atoms with van der Waals surface area (Å²) in [5.74, 6) is 0. The van der Waals surface area contributed by atoms with Crippen LogP contribution in [-0.2, 0) is 15.5 Å². The van der Waals surface area contributed by atoms with Gasteiger partial charge in [-0.05, 0) is 25.3 Å². The van der Waals surface area contributed by atoms with Crippen molar-refractivity contribution >= 4 is 10.8 Å². The van der Waals surface area contributed by atoms with E-state index in [1.54, 1.807) is 0 Å². The minimum absolute atomic E-state index is 0.00319. The molecule has 3 nitrogen and oxygen atoms in total. The zero-order valence-electron chi connectivity index (χ0n) is 11.6. The highest BCUT2D eigenvalue weighted by Crippen LogP contribution is 2.28. The largest absolute Gasteiger partial charge is 0.377 e. The standard InChI is InChI=1S/C15H23NO2S/c1-3-13(15(16)12-7-5-4-6-8-12)19(17)14-9-10-18-11(14)2/h4-8,11,13-15H,3,9-10,16H2,1-2H3. The summed E-state index contributed by atoms with van der Waals surface area (Å²) in [5.41, 5.74) is 7.39. The van der Waals surface area contributed by atoms with E-state index in [0.29, 0.717) is 6.61 Å². The summed E-state index contributed by atoms with van der Waals surface area (Å²) >= 11 is 0. The molecule has 4 heteroatoms. The van der Waals surface area contributed by atoms with E-state index < -0.39 is 10.8 Å². The van der Waals surface area contributed by atoms with Crippen molar-refractivity contribution in [2.24, 2.45) is 5.73 Å². The van der Waals surface area contributed by atoms with Gasteiger partial charge in [0, 0.05) is 23.4 Å². The van der Waals surface area contributed by atoms with Gasteiger partial charge in [-0.2, -0.15) is 0 Å². The van der Waals surface area contributed by atoms with Crippen LogP contribution in [0.4, 0.5) is 0 Å². The zero-order valence-corrected chi connectivity index (χ0v) is 12.4. The Hall–Kier alpha value is -0.710. The maximum atomic E-state index is 12.8. The lowest BCUT2D eigenvalue weighted by Gasteiger charge is -2.26. The molecule has 1 heterocycles. The molecule has 2 N–H and O–H groups in total. The Morgan fingerprint density at radius 2 is 2.11 bits per heavy atom. The van der Waals surface area contributed by atoms with Gasteiger partial charge in [-0.3, -0.25) is 4.21 Å². The van der Waals surface area contributed by atoms with Crippen LogP contribution in [0.15, 0.2) is 30.3 Å². The van der Waals surface area contributed by atoms with E-state index >= 15 is 0 Å². The molecule has 0 saturated carbocycles. The van der Waals surface area contributed by atoms with Gasteiger partial charge < -0.3 is 10.5 Å². The number of hydrogen-bond donors (Lipinski definition) is 1. The van der Waals surface area contributed by atoms with Gasteiger partial charge in [-0.15, -0.1) is 0 Å². The van der Waals surface area contributed by atoms with Gasteiger partial charge in [0.2, 0.25) is 0 Å². The van der Waals surface area contributed by atoms with Crippen molar-refractivity contribution in [2.45, 2.75) is 49.3 Å². The lowest BCUT2D eigenvalue weighted by atomic mass is 10.0. The normalized spacial score (nSPS) is 27.9. The predicted molar refractivity (Wildman–Crippen MR) is 79.4 cm³/mol. The van der Waals surface area contributed by atoms with Crippen LogP contribution >= 0.6 is 0 Å². The molecule has 0 bridgehead atoms. The Labute approximate surface area is 118 Å². The second-order valence-corrected chi connectivity index (χ2v) is 6.98. The molecule has 0 aliphatic carbocycles. The molecule has 1 aliphatic heterocycles. The van der Waals surface area contributed by atoms with Crippen LogP contribution in [-0.4, -0.2) is 27.4 Å². The SMILES string of the molecule is CCC(C(N)c1ccccc1)S(=O)C1CCOC1C. The molecule has 1 aliphatic rings. The van der Waals surface area contributed by atoms with Crippen LogP contribution in [0.3, 0.4) is 0 Å². The molecule has 1 saturated heterocycles. The predicted octanol–water partition coefficient (Wildman–Crippen LogP) is 2.39. The molecule has 5 unspecified atom stereocenters. The second kappa shape index (κ2) is 6.64. The number of hydrogen-bond acceptors (Lipinski definition) is 3. The Kier molecular flexibility index (Phi) is 5.13. The van der Waals surface area contributed by atoms with Crippen LogP contribution in [0.5, 0.6) is 0 Å². The smallest absolute Gasteiger partial charge is 0.0691 e. The van der Waals surface area contributed by atoms with E-state index in [9.17, 15) is 4.21 Å². The van der Waals surface area contributed by atoms with Gasteiger partial charge in [-0.1, -0.05) is 37.3 Å². The maximum Gasteiger partial charge on any atom is 0.0691 e. The van der Waals surface area contributed by atoms with Gasteiger partial charge in [-0.25, -0.2) is 0 Å². The van der Waals surface area contributed by atoms with E-state index in [-0.39, 0.29) is 22.6 Å². The van der Waals surface area contributed by atoms with Crippen LogP contribution in [0.1, 0.15) is 38.3 Å². The van der Waals surface area contributed by atoms with Crippen LogP contribution in [0.25, 0.3) is 0 Å². The highest BCUT2D eigenvalue weighted by molar-refractivity contribution is 7.86. The molecule has 1 aromatic carbocycles. The lowest BCUT2D eigenvalue weighted by Crippen LogP contribution is -2.37. The number of benzene rings is 1. The summed E-state index contributed by atoms with van der Waals surface area (Å²) < 4.78 is 18.3. The molecule has 19 heavy (non-hydrogen) atoms. The van der Waals surface area contributed by atoms with Crippen LogP contribution < -0.4 is 5.73 Å². The minimum atomic E-state index is -0.944. The van der Waals surface area contributed by atoms with Crippen molar-refractivity contribution < 1.29 is 8.95 Å². The zero-order chi connectivity index (χ0) is 13.8. The molecule has 106 valence electrons. The van der Waals surface area contributed by atoms with E-state index in [1.807, 2.05) is 37.3 Å². The van der Waals surface area contributed by atoms with E-state index in [1.165, 1.54) is 0 Å². The fraction of sp³-hybridized carbons (Fsp3) is 0.600. The van der Waals surface area contributed by atoms with Gasteiger partial charge in [0.25, 0.3) is 0 Å². The van der Waals surface area contributed by atoms with Crippen molar-refractivity contribution in [1.29, 1.82) is 0 Å². The van der Waals surface area contributed by atoms with E-state index in [2.05, 4.69) is 6.92 Å². The Morgan fingerprint density at radius 3 is 2.63 bits per heavy atom. The van der Waals surface area contributed by atoms with E-state index in [0.717, 1.165) is 18.4 Å². The average molecular weight is 281 g/mol. The molecule has 1 fully saturated rings. The molecule has 0 spiro atoms. The first-order valence-corrected chi connectivity index (χ1v) is 8.24. The van der Waals surface area contributed by atoms with Crippen LogP contribution in [0, 0.1) is 0 Å². The van der Waals surface area contributed by atoms with E-state index in [4.69, 9.17) is 10.5 Å². The number of nitrogens with two attached hydrogens (primary N) is 1. The fourth-order valence-electron chi connectivity index (χ4n) is 2.69. The first-order valence-electron chi connectivity index (χ1n) is 6.96. The first-order chi connectivity index (χ1) is 9.15. The summed E-state index contributed by atoms with van der Waals surface area (Å²) in [5, 5.41) is 0.122. The molecule has 0 amide bonds. The Morgan fingerprint density at radius 1 is 1.42 bits per heavy atom. The molecule has 2 rings (SSSR count). The highest BCUT2D eigenvalue weighted by Gasteiger charge is 2.35. The van der Waals surface area contributed by atoms with Gasteiger partial charge in [0.1, 0.15) is 0 Å². The molecular weight excluding hydrogens is 258 g/mol. The molecule has 1 aromatic rings. The third-order valence-electron chi connectivity index (χ3n) is 3.89. The summed E-state index contributed by atoms with van der Waals surface area (Å²) in [4.78, 5) is 0. The maximum absolute atomic E-state index is 12.8. The number of rotatable bonds is 5. The van der Waals surface area contributed by atoms with Crippen molar-refractivity contribution in [3.63, 3.8) is 0 Å². The van der Waals surface area contributed by atoms with Crippen molar-refractivity contribution in [2.75, 3.05) is 6.61 Å². The van der Waals surface area contributed by atoms with Crippen molar-refractivity contribution in [3.8, 4) is 0 Å². The monoisotopic (exact) mass is 281 g/mol. The summed E-state index contributed by atoms with van der Waals surface area (Å²) in [7, 11) is -0.944. The number of ether oxygens (including phenoxy) is 1. The van der Waals surface area contributed by atoms with Crippen molar-refractivity contribution in [1.82, 2.24) is 0 Å². The Bertz CT molecular complexity index is 423. The fourth-order valence-corrected chi connectivity index (χ4v) is 4.70. The second-order valence-electron chi connectivity index (χ2n) is 5.11. The third kappa shape index (κ3) is 3.25. The minimum Gasteiger partial charge on any atom is -0.377 e.